The van der Waals surface area contributed by atoms with Crippen molar-refractivity contribution in [3.8, 4) is 0 Å². The third-order valence-electron chi connectivity index (χ3n) is 3.42. The Morgan fingerprint density at radius 2 is 2.00 bits per heavy atom. The van der Waals surface area contributed by atoms with Crippen LogP contribution < -0.4 is 5.73 Å². The number of benzene rings is 1. The van der Waals surface area contributed by atoms with E-state index in [4.69, 9.17) is 5.73 Å². The van der Waals surface area contributed by atoms with Gasteiger partial charge in [0.2, 0.25) is 0 Å². The van der Waals surface area contributed by atoms with Gasteiger partial charge in [0.1, 0.15) is 0 Å². The molecule has 1 aromatic rings. The van der Waals surface area contributed by atoms with E-state index in [1.165, 1.54) is 12.2 Å². The highest BCUT2D eigenvalue weighted by atomic mass is 32.2. The van der Waals surface area contributed by atoms with E-state index in [0.717, 1.165) is 23.7 Å². The molecule has 0 amide bonds. The number of hydrogen-bond acceptors (Lipinski definition) is 3. The zero-order valence-corrected chi connectivity index (χ0v) is 12.2. The third-order valence-corrected chi connectivity index (χ3v) is 4.72. The number of rotatable bonds is 8. The van der Waals surface area contributed by atoms with Crippen molar-refractivity contribution in [2.75, 3.05) is 18.1 Å². The van der Waals surface area contributed by atoms with E-state index < -0.39 is 5.54 Å². The predicted octanol–water partition coefficient (Wildman–Crippen LogP) is 3.00. The highest BCUT2D eigenvalue weighted by molar-refractivity contribution is 7.99. The molecule has 0 heterocycles. The van der Waals surface area contributed by atoms with Crippen LogP contribution in [0.1, 0.15) is 32.3 Å². The minimum absolute atomic E-state index is 0.000898. The van der Waals surface area contributed by atoms with Crippen LogP contribution in [0.4, 0.5) is 0 Å². The lowest BCUT2D eigenvalue weighted by Gasteiger charge is -2.28. The van der Waals surface area contributed by atoms with Gasteiger partial charge in [-0.3, -0.25) is 0 Å². The molecule has 2 unspecified atom stereocenters. The fourth-order valence-electron chi connectivity index (χ4n) is 1.74. The second-order valence-corrected chi connectivity index (χ2v) is 6.17. The molecule has 2 atom stereocenters. The summed E-state index contributed by atoms with van der Waals surface area (Å²) in [7, 11) is 0. The second-order valence-electron chi connectivity index (χ2n) is 5.02. The van der Waals surface area contributed by atoms with E-state index in [1.807, 2.05) is 42.1 Å². The topological polar surface area (TPSA) is 46.2 Å². The van der Waals surface area contributed by atoms with Crippen LogP contribution in [0.5, 0.6) is 0 Å². The molecule has 0 spiro atoms. The van der Waals surface area contributed by atoms with Gasteiger partial charge in [0.05, 0.1) is 12.1 Å². The Labute approximate surface area is 115 Å². The zero-order chi connectivity index (χ0) is 13.4. The maximum absolute atomic E-state index is 9.56. The molecular formula is C15H25NOS. The van der Waals surface area contributed by atoms with Crippen molar-refractivity contribution in [2.45, 2.75) is 32.2 Å². The highest BCUT2D eigenvalue weighted by Gasteiger charge is 2.25. The van der Waals surface area contributed by atoms with Gasteiger partial charge in [0.25, 0.3) is 0 Å². The smallest absolute Gasteiger partial charge is 0.0653 e. The van der Waals surface area contributed by atoms with E-state index >= 15 is 0 Å². The van der Waals surface area contributed by atoms with Crippen molar-refractivity contribution in [3.05, 3.63) is 35.9 Å². The van der Waals surface area contributed by atoms with Crippen LogP contribution in [-0.2, 0) is 5.54 Å². The van der Waals surface area contributed by atoms with Crippen LogP contribution in [0.25, 0.3) is 0 Å². The molecule has 0 bridgehead atoms. The van der Waals surface area contributed by atoms with Crippen LogP contribution >= 0.6 is 11.8 Å². The monoisotopic (exact) mass is 267 g/mol. The first-order valence-corrected chi connectivity index (χ1v) is 7.81. The summed E-state index contributed by atoms with van der Waals surface area (Å²) in [6.07, 6.45) is 2.04. The SMILES string of the molecule is CCC(C)CSCCC(N)(CO)c1ccccc1. The molecule has 0 aromatic heterocycles. The van der Waals surface area contributed by atoms with Crippen molar-refractivity contribution in [1.29, 1.82) is 0 Å². The first-order valence-electron chi connectivity index (χ1n) is 6.65. The Balaban J connectivity index is 2.46. The molecule has 3 N–H and O–H groups in total. The summed E-state index contributed by atoms with van der Waals surface area (Å²) in [6.45, 7) is 4.49. The van der Waals surface area contributed by atoms with Gasteiger partial charge < -0.3 is 10.8 Å². The van der Waals surface area contributed by atoms with Crippen molar-refractivity contribution >= 4 is 11.8 Å². The summed E-state index contributed by atoms with van der Waals surface area (Å²) >= 11 is 1.93. The van der Waals surface area contributed by atoms with Crippen molar-refractivity contribution in [1.82, 2.24) is 0 Å². The summed E-state index contributed by atoms with van der Waals surface area (Å²) in [5, 5.41) is 9.56. The molecular weight excluding hydrogens is 242 g/mol. The van der Waals surface area contributed by atoms with E-state index in [0.29, 0.717) is 0 Å². The van der Waals surface area contributed by atoms with Gasteiger partial charge in [-0.25, -0.2) is 0 Å². The third kappa shape index (κ3) is 4.63. The summed E-state index contributed by atoms with van der Waals surface area (Å²) in [5.41, 5.74) is 6.74. The van der Waals surface area contributed by atoms with Gasteiger partial charge in [-0.15, -0.1) is 0 Å². The first kappa shape index (κ1) is 15.5. The standard InChI is InChI=1S/C15H25NOS/c1-3-13(2)11-18-10-9-15(16,12-17)14-7-5-4-6-8-14/h4-8,13,17H,3,9-12,16H2,1-2H3. The summed E-state index contributed by atoms with van der Waals surface area (Å²) in [5.74, 6) is 2.93. The maximum Gasteiger partial charge on any atom is 0.0653 e. The fourth-order valence-corrected chi connectivity index (χ4v) is 3.05. The van der Waals surface area contributed by atoms with Crippen molar-refractivity contribution in [2.24, 2.45) is 11.7 Å². The molecule has 3 heteroatoms. The molecule has 1 aromatic carbocycles. The van der Waals surface area contributed by atoms with Gasteiger partial charge in [0.15, 0.2) is 0 Å². The van der Waals surface area contributed by atoms with Crippen molar-refractivity contribution in [3.63, 3.8) is 0 Å². The molecule has 0 aliphatic carbocycles. The lowest BCUT2D eigenvalue weighted by Crippen LogP contribution is -2.41. The van der Waals surface area contributed by atoms with Crippen LogP contribution in [0.2, 0.25) is 0 Å². The first-order chi connectivity index (χ1) is 8.62. The molecule has 2 nitrogen and oxygen atoms in total. The van der Waals surface area contributed by atoms with Crippen LogP contribution in [0.15, 0.2) is 30.3 Å². The van der Waals surface area contributed by atoms with Gasteiger partial charge in [0, 0.05) is 0 Å². The average Bonchev–Trinajstić information content (AvgIpc) is 2.44. The van der Waals surface area contributed by atoms with Gasteiger partial charge in [-0.2, -0.15) is 11.8 Å². The Morgan fingerprint density at radius 1 is 1.33 bits per heavy atom. The predicted molar refractivity (Wildman–Crippen MR) is 80.8 cm³/mol. The largest absolute Gasteiger partial charge is 0.394 e. The molecule has 0 saturated heterocycles. The Kier molecular flexibility index (Phi) is 6.76. The molecule has 102 valence electrons. The summed E-state index contributed by atoms with van der Waals surface area (Å²) < 4.78 is 0. The molecule has 0 aliphatic heterocycles. The normalized spacial score (nSPS) is 16.2. The quantitative estimate of drug-likeness (QED) is 0.712. The minimum Gasteiger partial charge on any atom is -0.394 e. The lowest BCUT2D eigenvalue weighted by molar-refractivity contribution is 0.193. The van der Waals surface area contributed by atoms with Gasteiger partial charge >= 0.3 is 0 Å². The molecule has 1 rings (SSSR count). The number of thioether (sulfide) groups is 1. The number of aliphatic hydroxyl groups excluding tert-OH is 1. The summed E-state index contributed by atoms with van der Waals surface area (Å²) in [6, 6.07) is 9.90. The zero-order valence-electron chi connectivity index (χ0n) is 11.4. The van der Waals surface area contributed by atoms with E-state index in [2.05, 4.69) is 13.8 Å². The minimum atomic E-state index is -0.594. The Bertz CT molecular complexity index is 331. The number of hydrogen-bond donors (Lipinski definition) is 2. The molecule has 0 fully saturated rings. The Morgan fingerprint density at radius 3 is 2.56 bits per heavy atom. The van der Waals surface area contributed by atoms with E-state index in [1.54, 1.807) is 0 Å². The molecule has 0 radical (unpaired) electrons. The van der Waals surface area contributed by atoms with Crippen LogP contribution in [-0.4, -0.2) is 23.2 Å². The highest BCUT2D eigenvalue weighted by Crippen LogP contribution is 2.24. The van der Waals surface area contributed by atoms with Crippen LogP contribution in [0, 0.1) is 5.92 Å². The van der Waals surface area contributed by atoms with E-state index in [9.17, 15) is 5.11 Å². The fraction of sp³-hybridized carbons (Fsp3) is 0.600. The van der Waals surface area contributed by atoms with Gasteiger partial charge in [-0.1, -0.05) is 50.6 Å². The van der Waals surface area contributed by atoms with Crippen LogP contribution in [0.3, 0.4) is 0 Å². The Hall–Kier alpha value is -0.510. The average molecular weight is 267 g/mol. The lowest BCUT2D eigenvalue weighted by atomic mass is 9.89. The van der Waals surface area contributed by atoms with Crippen molar-refractivity contribution < 1.29 is 5.11 Å². The van der Waals surface area contributed by atoms with E-state index in [-0.39, 0.29) is 6.61 Å². The van der Waals surface area contributed by atoms with Gasteiger partial charge in [-0.05, 0) is 29.4 Å². The number of aliphatic hydroxyl groups is 1. The second kappa shape index (κ2) is 7.82. The maximum atomic E-state index is 9.56. The summed E-state index contributed by atoms with van der Waals surface area (Å²) in [4.78, 5) is 0. The number of nitrogens with two attached hydrogens (primary N) is 1. The molecule has 0 aliphatic rings. The molecule has 0 saturated carbocycles. The molecule has 18 heavy (non-hydrogen) atoms.